The molecule has 1 aromatic carbocycles. The Balaban J connectivity index is 1.46. The van der Waals surface area contributed by atoms with Gasteiger partial charge in [-0.25, -0.2) is 0 Å². The molecule has 3 rings (SSSR count). The minimum atomic E-state index is 0.421. The number of para-hydroxylation sites is 1. The molecule has 122 valence electrons. The molecule has 0 spiro atoms. The molecular formula is C18H23N3O2. The van der Waals surface area contributed by atoms with E-state index in [9.17, 15) is 0 Å². The molecule has 1 fully saturated rings. The number of benzene rings is 1. The summed E-state index contributed by atoms with van der Waals surface area (Å²) in [6.45, 7) is 4.16. The quantitative estimate of drug-likeness (QED) is 0.784. The maximum Gasteiger partial charge on any atom is 0.119 e. The van der Waals surface area contributed by atoms with Crippen molar-refractivity contribution < 1.29 is 9.47 Å². The highest BCUT2D eigenvalue weighted by molar-refractivity contribution is 5.20. The van der Waals surface area contributed by atoms with Crippen LogP contribution in [0, 0.1) is 0 Å². The normalized spacial score (nSPS) is 18.7. The van der Waals surface area contributed by atoms with Gasteiger partial charge in [0.25, 0.3) is 0 Å². The second kappa shape index (κ2) is 8.60. The van der Waals surface area contributed by atoms with Gasteiger partial charge in [0.1, 0.15) is 12.4 Å². The van der Waals surface area contributed by atoms with Gasteiger partial charge in [0.05, 0.1) is 18.9 Å². The molecule has 5 nitrogen and oxygen atoms in total. The summed E-state index contributed by atoms with van der Waals surface area (Å²) in [7, 11) is 0. The highest BCUT2D eigenvalue weighted by Crippen LogP contribution is 2.14. The van der Waals surface area contributed by atoms with Gasteiger partial charge in [-0.15, -0.1) is 0 Å². The predicted molar refractivity (Wildman–Crippen MR) is 88.5 cm³/mol. The zero-order chi connectivity index (χ0) is 15.7. The van der Waals surface area contributed by atoms with Crippen molar-refractivity contribution in [2.75, 3.05) is 32.9 Å². The Morgan fingerprint density at radius 1 is 1.22 bits per heavy atom. The summed E-state index contributed by atoms with van der Waals surface area (Å²) in [5.74, 6) is 0.928. The number of morpholine rings is 1. The number of nitrogens with zero attached hydrogens (tertiary/aromatic N) is 3. The minimum Gasteiger partial charge on any atom is -0.492 e. The standard InChI is InChI=1S/C18H23N3O2/c1-2-4-18(5-3-1)23-13-11-21-10-12-22-15-17(21)7-6-16-14-19-8-9-20-16/h1-5,8-9,14,17H,6-7,10-13,15H2/t17-/m0/s1. The Hall–Kier alpha value is -1.98. The van der Waals surface area contributed by atoms with E-state index in [-0.39, 0.29) is 0 Å². The third kappa shape index (κ3) is 5.01. The van der Waals surface area contributed by atoms with Crippen LogP contribution in [-0.4, -0.2) is 53.8 Å². The molecule has 2 aromatic rings. The summed E-state index contributed by atoms with van der Waals surface area (Å²) < 4.78 is 11.5. The first-order valence-electron chi connectivity index (χ1n) is 8.16. The fourth-order valence-electron chi connectivity index (χ4n) is 2.82. The van der Waals surface area contributed by atoms with Gasteiger partial charge < -0.3 is 9.47 Å². The molecular weight excluding hydrogens is 290 g/mol. The van der Waals surface area contributed by atoms with Crippen LogP contribution >= 0.6 is 0 Å². The van der Waals surface area contributed by atoms with Gasteiger partial charge in [0, 0.05) is 37.7 Å². The van der Waals surface area contributed by atoms with E-state index in [0.717, 1.165) is 50.6 Å². The first-order valence-corrected chi connectivity index (χ1v) is 8.16. The molecule has 1 saturated heterocycles. The van der Waals surface area contributed by atoms with Crippen LogP contribution in [0.2, 0.25) is 0 Å². The summed E-state index contributed by atoms with van der Waals surface area (Å²) in [4.78, 5) is 10.9. The van der Waals surface area contributed by atoms with Crippen molar-refractivity contribution in [3.8, 4) is 5.75 Å². The van der Waals surface area contributed by atoms with Crippen LogP contribution in [0.25, 0.3) is 0 Å². The third-order valence-corrected chi connectivity index (χ3v) is 4.09. The van der Waals surface area contributed by atoms with Crippen molar-refractivity contribution in [2.45, 2.75) is 18.9 Å². The van der Waals surface area contributed by atoms with Crippen molar-refractivity contribution in [1.29, 1.82) is 0 Å². The predicted octanol–water partition coefficient (Wildman–Crippen LogP) is 2.19. The Labute approximate surface area is 137 Å². The van der Waals surface area contributed by atoms with Gasteiger partial charge in [-0.2, -0.15) is 0 Å². The molecule has 1 aliphatic rings. The van der Waals surface area contributed by atoms with Crippen molar-refractivity contribution in [3.05, 3.63) is 54.6 Å². The lowest BCUT2D eigenvalue weighted by Crippen LogP contribution is -2.47. The average molecular weight is 313 g/mol. The molecule has 0 bridgehead atoms. The highest BCUT2D eigenvalue weighted by atomic mass is 16.5. The van der Waals surface area contributed by atoms with E-state index in [1.165, 1.54) is 0 Å². The number of aryl methyl sites for hydroxylation is 1. The molecule has 1 atom stereocenters. The van der Waals surface area contributed by atoms with Crippen LogP contribution in [0.15, 0.2) is 48.9 Å². The summed E-state index contributed by atoms with van der Waals surface area (Å²) in [5.41, 5.74) is 1.04. The molecule has 0 unspecified atom stereocenters. The first-order chi connectivity index (χ1) is 11.4. The van der Waals surface area contributed by atoms with Gasteiger partial charge in [0.15, 0.2) is 0 Å². The molecule has 23 heavy (non-hydrogen) atoms. The van der Waals surface area contributed by atoms with E-state index in [1.54, 1.807) is 12.4 Å². The molecule has 2 heterocycles. The van der Waals surface area contributed by atoms with Crippen molar-refractivity contribution >= 4 is 0 Å². The SMILES string of the molecule is c1ccc(OCCN2CCOC[C@@H]2CCc2cnccn2)cc1. The second-order valence-electron chi connectivity index (χ2n) is 5.66. The Morgan fingerprint density at radius 2 is 2.13 bits per heavy atom. The summed E-state index contributed by atoms with van der Waals surface area (Å²) in [5, 5.41) is 0. The molecule has 1 aliphatic heterocycles. The zero-order valence-electron chi connectivity index (χ0n) is 13.3. The van der Waals surface area contributed by atoms with Crippen LogP contribution in [0.5, 0.6) is 5.75 Å². The van der Waals surface area contributed by atoms with Gasteiger partial charge in [-0.05, 0) is 25.0 Å². The van der Waals surface area contributed by atoms with Crippen molar-refractivity contribution in [2.24, 2.45) is 0 Å². The molecule has 1 aromatic heterocycles. The number of hydrogen-bond acceptors (Lipinski definition) is 5. The van der Waals surface area contributed by atoms with E-state index >= 15 is 0 Å². The van der Waals surface area contributed by atoms with E-state index in [1.807, 2.05) is 36.5 Å². The molecule has 0 radical (unpaired) electrons. The zero-order valence-corrected chi connectivity index (χ0v) is 13.3. The number of hydrogen-bond donors (Lipinski definition) is 0. The van der Waals surface area contributed by atoms with Crippen LogP contribution in [0.1, 0.15) is 12.1 Å². The molecule has 0 aliphatic carbocycles. The van der Waals surface area contributed by atoms with E-state index in [4.69, 9.17) is 9.47 Å². The minimum absolute atomic E-state index is 0.421. The summed E-state index contributed by atoms with van der Waals surface area (Å²) >= 11 is 0. The largest absolute Gasteiger partial charge is 0.492 e. The first kappa shape index (κ1) is 15.9. The Kier molecular flexibility index (Phi) is 5.94. The van der Waals surface area contributed by atoms with Crippen LogP contribution < -0.4 is 4.74 Å². The Morgan fingerprint density at radius 3 is 2.96 bits per heavy atom. The average Bonchev–Trinajstić information content (AvgIpc) is 2.63. The third-order valence-electron chi connectivity index (χ3n) is 4.09. The van der Waals surface area contributed by atoms with Crippen LogP contribution in [0.4, 0.5) is 0 Å². The number of aromatic nitrogens is 2. The van der Waals surface area contributed by atoms with Gasteiger partial charge in [0.2, 0.25) is 0 Å². The monoisotopic (exact) mass is 313 g/mol. The van der Waals surface area contributed by atoms with E-state index < -0.39 is 0 Å². The summed E-state index contributed by atoms with van der Waals surface area (Å²) in [6, 6.07) is 10.4. The van der Waals surface area contributed by atoms with Gasteiger partial charge in [-0.1, -0.05) is 18.2 Å². The van der Waals surface area contributed by atoms with E-state index in [2.05, 4.69) is 14.9 Å². The topological polar surface area (TPSA) is 47.5 Å². The second-order valence-corrected chi connectivity index (χ2v) is 5.66. The number of rotatable bonds is 7. The molecule has 0 saturated carbocycles. The Bertz CT molecular complexity index is 565. The van der Waals surface area contributed by atoms with Gasteiger partial charge in [-0.3, -0.25) is 14.9 Å². The lowest BCUT2D eigenvalue weighted by atomic mass is 10.1. The van der Waals surface area contributed by atoms with Crippen molar-refractivity contribution in [3.63, 3.8) is 0 Å². The van der Waals surface area contributed by atoms with Crippen LogP contribution in [0.3, 0.4) is 0 Å². The summed E-state index contributed by atoms with van der Waals surface area (Å²) in [6.07, 6.45) is 7.26. The van der Waals surface area contributed by atoms with Gasteiger partial charge >= 0.3 is 0 Å². The fourth-order valence-corrected chi connectivity index (χ4v) is 2.82. The lowest BCUT2D eigenvalue weighted by Gasteiger charge is -2.35. The molecule has 0 amide bonds. The van der Waals surface area contributed by atoms with Crippen LogP contribution in [-0.2, 0) is 11.2 Å². The number of ether oxygens (including phenoxy) is 2. The fraction of sp³-hybridized carbons (Fsp3) is 0.444. The lowest BCUT2D eigenvalue weighted by molar-refractivity contribution is -0.0149. The molecule has 5 heteroatoms. The smallest absolute Gasteiger partial charge is 0.119 e. The maximum atomic E-state index is 5.82. The maximum absolute atomic E-state index is 5.82. The highest BCUT2D eigenvalue weighted by Gasteiger charge is 2.22. The van der Waals surface area contributed by atoms with Crippen molar-refractivity contribution in [1.82, 2.24) is 14.9 Å². The van der Waals surface area contributed by atoms with E-state index in [0.29, 0.717) is 12.6 Å². The molecule has 0 N–H and O–H groups in total.